The largest absolute Gasteiger partial charge is 0.276 e. The lowest BCUT2D eigenvalue weighted by Gasteiger charge is -2.09. The molecule has 1 amide bonds. The maximum atomic E-state index is 12.5. The highest BCUT2D eigenvalue weighted by molar-refractivity contribution is 9.10. The smallest absolute Gasteiger partial charge is 0.273 e. The standard InChI is InChI=1S/C18H15BrN2O3S2/c1-12-2-4-13(5-3-12)16-10-11-25-17(16)18(22)20-21-26(23,24)15-8-6-14(19)7-9-15/h2-11,21H,1H3,(H,20,22). The summed E-state index contributed by atoms with van der Waals surface area (Å²) in [6.07, 6.45) is 0. The molecule has 1 aromatic heterocycles. The van der Waals surface area contributed by atoms with Crippen molar-refractivity contribution in [3.8, 4) is 11.1 Å². The molecule has 0 unspecified atom stereocenters. The minimum atomic E-state index is -3.84. The lowest BCUT2D eigenvalue weighted by atomic mass is 10.1. The number of thiophene rings is 1. The number of hydrogen-bond acceptors (Lipinski definition) is 4. The van der Waals surface area contributed by atoms with E-state index in [1.165, 1.54) is 23.5 Å². The van der Waals surface area contributed by atoms with Crippen LogP contribution in [0.1, 0.15) is 15.2 Å². The van der Waals surface area contributed by atoms with Crippen LogP contribution >= 0.6 is 27.3 Å². The molecule has 1 heterocycles. The molecule has 0 saturated heterocycles. The molecule has 0 aliphatic rings. The quantitative estimate of drug-likeness (QED) is 0.574. The molecule has 0 radical (unpaired) electrons. The fraction of sp³-hybridized carbons (Fsp3) is 0.0556. The van der Waals surface area contributed by atoms with E-state index in [1.54, 1.807) is 17.5 Å². The first-order valence-electron chi connectivity index (χ1n) is 7.59. The lowest BCUT2D eigenvalue weighted by molar-refractivity contribution is 0.0950. The predicted molar refractivity (Wildman–Crippen MR) is 106 cm³/mol. The molecule has 0 aliphatic carbocycles. The number of carbonyl (C=O) groups excluding carboxylic acids is 1. The maximum Gasteiger partial charge on any atom is 0.276 e. The van der Waals surface area contributed by atoms with E-state index in [0.717, 1.165) is 21.2 Å². The summed E-state index contributed by atoms with van der Waals surface area (Å²) < 4.78 is 25.3. The van der Waals surface area contributed by atoms with E-state index in [2.05, 4.69) is 26.2 Å². The number of nitrogens with one attached hydrogen (secondary N) is 2. The van der Waals surface area contributed by atoms with Crippen LogP contribution in [-0.4, -0.2) is 14.3 Å². The van der Waals surface area contributed by atoms with Crippen LogP contribution in [0.25, 0.3) is 11.1 Å². The molecule has 0 fully saturated rings. The number of sulfonamides is 1. The number of aryl methyl sites for hydroxylation is 1. The fourth-order valence-corrected chi connectivity index (χ4v) is 4.20. The summed E-state index contributed by atoms with van der Waals surface area (Å²) in [6.45, 7) is 1.99. The molecule has 8 heteroatoms. The van der Waals surface area contributed by atoms with E-state index in [9.17, 15) is 13.2 Å². The molecule has 3 rings (SSSR count). The minimum Gasteiger partial charge on any atom is -0.273 e. The highest BCUT2D eigenvalue weighted by Crippen LogP contribution is 2.28. The van der Waals surface area contributed by atoms with Crippen molar-refractivity contribution in [2.24, 2.45) is 0 Å². The number of hydrazine groups is 1. The highest BCUT2D eigenvalue weighted by atomic mass is 79.9. The van der Waals surface area contributed by atoms with Crippen molar-refractivity contribution in [1.29, 1.82) is 0 Å². The van der Waals surface area contributed by atoms with Crippen molar-refractivity contribution in [3.63, 3.8) is 0 Å². The average molecular weight is 451 g/mol. The third kappa shape index (κ3) is 4.21. The minimum absolute atomic E-state index is 0.0611. The van der Waals surface area contributed by atoms with Gasteiger partial charge in [0.1, 0.15) is 4.88 Å². The Kier molecular flexibility index (Phi) is 5.57. The molecule has 2 aromatic carbocycles. The predicted octanol–water partition coefficient (Wildman–Crippen LogP) is 4.11. The molecular weight excluding hydrogens is 436 g/mol. The second-order valence-corrected chi connectivity index (χ2v) is 9.06. The molecule has 0 spiro atoms. The molecule has 26 heavy (non-hydrogen) atoms. The van der Waals surface area contributed by atoms with Gasteiger partial charge in [0.15, 0.2) is 0 Å². The van der Waals surface area contributed by atoms with Gasteiger partial charge in [-0.3, -0.25) is 10.2 Å². The summed E-state index contributed by atoms with van der Waals surface area (Å²) in [5.74, 6) is -0.503. The normalized spacial score (nSPS) is 11.3. The zero-order valence-corrected chi connectivity index (χ0v) is 16.9. The van der Waals surface area contributed by atoms with Crippen LogP contribution in [0, 0.1) is 6.92 Å². The third-order valence-corrected chi connectivity index (χ3v) is 6.36. The van der Waals surface area contributed by atoms with Gasteiger partial charge in [-0.1, -0.05) is 45.8 Å². The molecule has 0 atom stereocenters. The van der Waals surface area contributed by atoms with Gasteiger partial charge in [-0.15, -0.1) is 16.2 Å². The number of carbonyl (C=O) groups is 1. The van der Waals surface area contributed by atoms with Gasteiger partial charge >= 0.3 is 0 Å². The van der Waals surface area contributed by atoms with E-state index >= 15 is 0 Å². The third-order valence-electron chi connectivity index (χ3n) is 3.66. The van der Waals surface area contributed by atoms with Gasteiger partial charge in [0, 0.05) is 10.0 Å². The Bertz CT molecular complexity index is 1030. The first-order chi connectivity index (χ1) is 12.4. The zero-order valence-electron chi connectivity index (χ0n) is 13.7. The maximum absolute atomic E-state index is 12.5. The fourth-order valence-electron chi connectivity index (χ4n) is 2.29. The Morgan fingerprint density at radius 1 is 1.00 bits per heavy atom. The van der Waals surface area contributed by atoms with Crippen molar-refractivity contribution in [2.45, 2.75) is 11.8 Å². The second-order valence-electron chi connectivity index (χ2n) is 5.54. The van der Waals surface area contributed by atoms with E-state index < -0.39 is 15.9 Å². The van der Waals surface area contributed by atoms with Crippen LogP contribution in [0.4, 0.5) is 0 Å². The van der Waals surface area contributed by atoms with Crippen molar-refractivity contribution >= 4 is 43.2 Å². The Morgan fingerprint density at radius 2 is 1.65 bits per heavy atom. The molecular formula is C18H15BrN2O3S2. The summed E-state index contributed by atoms with van der Waals surface area (Å²) >= 11 is 4.50. The molecule has 2 N–H and O–H groups in total. The molecule has 0 saturated carbocycles. The van der Waals surface area contributed by atoms with Gasteiger partial charge in [-0.25, -0.2) is 8.42 Å². The monoisotopic (exact) mass is 450 g/mol. The lowest BCUT2D eigenvalue weighted by Crippen LogP contribution is -2.41. The van der Waals surface area contributed by atoms with Crippen molar-refractivity contribution in [2.75, 3.05) is 0 Å². The van der Waals surface area contributed by atoms with Crippen LogP contribution in [-0.2, 0) is 10.0 Å². The summed E-state index contributed by atoms with van der Waals surface area (Å²) in [7, 11) is -3.84. The van der Waals surface area contributed by atoms with E-state index in [4.69, 9.17) is 0 Å². The van der Waals surface area contributed by atoms with Crippen molar-refractivity contribution in [3.05, 3.63) is 74.9 Å². The summed E-state index contributed by atoms with van der Waals surface area (Å²) in [6, 6.07) is 15.8. The summed E-state index contributed by atoms with van der Waals surface area (Å²) in [4.78, 5) is 15.1. The second kappa shape index (κ2) is 7.71. The van der Waals surface area contributed by atoms with Gasteiger partial charge < -0.3 is 0 Å². The Hall–Kier alpha value is -2.00. The zero-order chi connectivity index (χ0) is 18.7. The van der Waals surface area contributed by atoms with E-state index in [1.807, 2.05) is 37.3 Å². The number of amides is 1. The van der Waals surface area contributed by atoms with Gasteiger partial charge in [-0.2, -0.15) is 0 Å². The van der Waals surface area contributed by atoms with Crippen LogP contribution < -0.4 is 10.3 Å². The van der Waals surface area contributed by atoms with Crippen LogP contribution in [0.15, 0.2) is 69.3 Å². The first kappa shape index (κ1) is 18.8. The average Bonchev–Trinajstić information content (AvgIpc) is 3.10. The van der Waals surface area contributed by atoms with Gasteiger partial charge in [-0.05, 0) is 48.2 Å². The molecule has 0 aliphatic heterocycles. The van der Waals surface area contributed by atoms with Crippen LogP contribution in [0.5, 0.6) is 0 Å². The topological polar surface area (TPSA) is 75.3 Å². The number of benzene rings is 2. The number of hydrogen-bond donors (Lipinski definition) is 2. The summed E-state index contributed by atoms with van der Waals surface area (Å²) in [5, 5.41) is 1.80. The van der Waals surface area contributed by atoms with Gasteiger partial charge in [0.25, 0.3) is 15.9 Å². The highest BCUT2D eigenvalue weighted by Gasteiger charge is 2.18. The Morgan fingerprint density at radius 3 is 2.31 bits per heavy atom. The first-order valence-corrected chi connectivity index (χ1v) is 10.7. The van der Waals surface area contributed by atoms with Crippen molar-refractivity contribution < 1.29 is 13.2 Å². The molecule has 5 nitrogen and oxygen atoms in total. The SMILES string of the molecule is Cc1ccc(-c2ccsc2C(=O)NNS(=O)(=O)c2ccc(Br)cc2)cc1. The Balaban J connectivity index is 1.76. The van der Waals surface area contributed by atoms with Gasteiger partial charge in [0.2, 0.25) is 0 Å². The van der Waals surface area contributed by atoms with Gasteiger partial charge in [0.05, 0.1) is 4.90 Å². The Labute approximate surface area is 164 Å². The van der Waals surface area contributed by atoms with E-state index in [0.29, 0.717) is 4.88 Å². The summed E-state index contributed by atoms with van der Waals surface area (Å²) in [5.41, 5.74) is 5.06. The number of rotatable bonds is 5. The van der Waals surface area contributed by atoms with Crippen LogP contribution in [0.3, 0.4) is 0 Å². The molecule has 134 valence electrons. The van der Waals surface area contributed by atoms with Crippen LogP contribution in [0.2, 0.25) is 0 Å². The number of halogens is 1. The van der Waals surface area contributed by atoms with E-state index in [-0.39, 0.29) is 4.90 Å². The molecule has 0 bridgehead atoms. The molecule has 3 aromatic rings. The van der Waals surface area contributed by atoms with Crippen molar-refractivity contribution in [1.82, 2.24) is 10.3 Å².